The summed E-state index contributed by atoms with van der Waals surface area (Å²) >= 11 is 0. The van der Waals surface area contributed by atoms with Crippen molar-refractivity contribution in [2.75, 3.05) is 6.61 Å². The molecule has 3 nitrogen and oxygen atoms in total. The lowest BCUT2D eigenvalue weighted by Gasteiger charge is -2.09. The van der Waals surface area contributed by atoms with Gasteiger partial charge in [0.05, 0.1) is 12.2 Å². The van der Waals surface area contributed by atoms with Crippen molar-refractivity contribution in [1.82, 2.24) is 0 Å². The first-order valence-electron chi connectivity index (χ1n) is 5.95. The van der Waals surface area contributed by atoms with Crippen LogP contribution in [-0.4, -0.2) is 17.7 Å². The lowest BCUT2D eigenvalue weighted by Crippen LogP contribution is -2.00. The van der Waals surface area contributed by atoms with E-state index < -0.39 is 11.8 Å². The molecule has 1 aliphatic heterocycles. The van der Waals surface area contributed by atoms with Gasteiger partial charge in [-0.05, 0) is 23.3 Å². The number of carboxylic acids is 1. The number of benzene rings is 2. The van der Waals surface area contributed by atoms with Crippen LogP contribution >= 0.6 is 0 Å². The fourth-order valence-corrected chi connectivity index (χ4v) is 2.30. The van der Waals surface area contributed by atoms with Crippen LogP contribution in [0.2, 0.25) is 0 Å². The molecule has 0 saturated carbocycles. The third-order valence-electron chi connectivity index (χ3n) is 3.22. The number of carboxylic acid groups (broad SMARTS) is 1. The van der Waals surface area contributed by atoms with Crippen molar-refractivity contribution in [1.29, 1.82) is 0 Å². The molecule has 4 heteroatoms. The fourth-order valence-electron chi connectivity index (χ4n) is 2.30. The molecule has 0 aromatic heterocycles. The molecular formula is C15H11FO3. The molecule has 0 saturated heterocycles. The molecule has 2 aromatic carbocycles. The van der Waals surface area contributed by atoms with Gasteiger partial charge in [0.25, 0.3) is 0 Å². The molecule has 1 heterocycles. The van der Waals surface area contributed by atoms with E-state index in [4.69, 9.17) is 9.84 Å². The number of carbonyl (C=O) groups is 1. The summed E-state index contributed by atoms with van der Waals surface area (Å²) in [7, 11) is 0. The van der Waals surface area contributed by atoms with Crippen LogP contribution < -0.4 is 4.74 Å². The number of rotatable bonds is 2. The normalized spacial score (nSPS) is 12.9. The highest BCUT2D eigenvalue weighted by Gasteiger charge is 2.18. The van der Waals surface area contributed by atoms with Crippen molar-refractivity contribution in [2.45, 2.75) is 6.42 Å². The third-order valence-corrected chi connectivity index (χ3v) is 3.22. The van der Waals surface area contributed by atoms with E-state index in [2.05, 4.69) is 0 Å². The van der Waals surface area contributed by atoms with Crippen LogP contribution in [0.1, 0.15) is 15.9 Å². The Morgan fingerprint density at radius 3 is 2.84 bits per heavy atom. The Balaban J connectivity index is 2.11. The molecule has 0 atom stereocenters. The molecule has 96 valence electrons. The number of hydrogen-bond acceptors (Lipinski definition) is 2. The van der Waals surface area contributed by atoms with Gasteiger partial charge in [-0.3, -0.25) is 0 Å². The van der Waals surface area contributed by atoms with Crippen molar-refractivity contribution in [2.24, 2.45) is 0 Å². The zero-order valence-electron chi connectivity index (χ0n) is 10.0. The minimum atomic E-state index is -1.27. The zero-order valence-corrected chi connectivity index (χ0v) is 10.0. The Morgan fingerprint density at radius 2 is 2.11 bits per heavy atom. The largest absolute Gasteiger partial charge is 0.492 e. The van der Waals surface area contributed by atoms with E-state index in [1.807, 2.05) is 18.2 Å². The van der Waals surface area contributed by atoms with Crippen LogP contribution in [0.5, 0.6) is 5.75 Å². The molecule has 3 rings (SSSR count). The van der Waals surface area contributed by atoms with Crippen LogP contribution in [0.4, 0.5) is 4.39 Å². The Kier molecular flexibility index (Phi) is 2.71. The summed E-state index contributed by atoms with van der Waals surface area (Å²) in [6, 6.07) is 9.84. The molecule has 0 bridgehead atoms. The molecule has 1 aliphatic rings. The maximum absolute atomic E-state index is 13.7. The van der Waals surface area contributed by atoms with Crippen molar-refractivity contribution >= 4 is 5.97 Å². The smallest absolute Gasteiger partial charge is 0.338 e. The summed E-state index contributed by atoms with van der Waals surface area (Å²) in [6.07, 6.45) is 0.846. The second kappa shape index (κ2) is 4.39. The average Bonchev–Trinajstić information content (AvgIpc) is 2.86. The fraction of sp³-hybridized carbons (Fsp3) is 0.133. The Hall–Kier alpha value is -2.36. The molecule has 0 radical (unpaired) electrons. The maximum atomic E-state index is 13.7. The van der Waals surface area contributed by atoms with E-state index in [0.29, 0.717) is 12.2 Å². The van der Waals surface area contributed by atoms with Crippen LogP contribution in [0, 0.1) is 5.82 Å². The van der Waals surface area contributed by atoms with Gasteiger partial charge in [0.15, 0.2) is 0 Å². The van der Waals surface area contributed by atoms with Crippen molar-refractivity contribution in [3.05, 3.63) is 53.3 Å². The van der Waals surface area contributed by atoms with Crippen LogP contribution in [-0.2, 0) is 6.42 Å². The molecule has 0 fully saturated rings. The van der Waals surface area contributed by atoms with Crippen LogP contribution in [0.25, 0.3) is 11.1 Å². The van der Waals surface area contributed by atoms with Gasteiger partial charge in [0, 0.05) is 12.0 Å². The van der Waals surface area contributed by atoms with Crippen molar-refractivity contribution in [3.8, 4) is 16.9 Å². The van der Waals surface area contributed by atoms with Gasteiger partial charge in [0.1, 0.15) is 11.6 Å². The maximum Gasteiger partial charge on any atom is 0.338 e. The molecule has 0 unspecified atom stereocenters. The van der Waals surface area contributed by atoms with E-state index in [1.165, 1.54) is 12.1 Å². The molecule has 0 spiro atoms. The number of ether oxygens (including phenoxy) is 1. The van der Waals surface area contributed by atoms with E-state index >= 15 is 0 Å². The lowest BCUT2D eigenvalue weighted by atomic mass is 10.00. The van der Waals surface area contributed by atoms with Gasteiger partial charge in [0.2, 0.25) is 0 Å². The summed E-state index contributed by atoms with van der Waals surface area (Å²) < 4.78 is 19.3. The van der Waals surface area contributed by atoms with E-state index in [1.54, 1.807) is 6.07 Å². The standard InChI is InChI=1S/C15H11FO3/c16-13-8-10(4-5-12(13)15(17)18)11-3-1-2-9-6-7-19-14(9)11/h1-5,8H,6-7H2,(H,17,18). The first-order chi connectivity index (χ1) is 9.16. The van der Waals surface area contributed by atoms with Crippen LogP contribution in [0.3, 0.4) is 0 Å². The van der Waals surface area contributed by atoms with Gasteiger partial charge in [-0.25, -0.2) is 9.18 Å². The van der Waals surface area contributed by atoms with Gasteiger partial charge < -0.3 is 9.84 Å². The Labute approximate surface area is 109 Å². The Morgan fingerprint density at radius 1 is 1.26 bits per heavy atom. The Bertz CT molecular complexity index is 664. The first kappa shape index (κ1) is 11.7. The topological polar surface area (TPSA) is 46.5 Å². The second-order valence-electron chi connectivity index (χ2n) is 4.39. The molecule has 0 aliphatic carbocycles. The van der Waals surface area contributed by atoms with Crippen molar-refractivity contribution < 1.29 is 19.0 Å². The summed E-state index contributed by atoms with van der Waals surface area (Å²) in [5.74, 6) is -1.23. The zero-order chi connectivity index (χ0) is 13.4. The van der Waals surface area contributed by atoms with Crippen molar-refractivity contribution in [3.63, 3.8) is 0 Å². The summed E-state index contributed by atoms with van der Waals surface area (Å²) in [5.41, 5.74) is 2.20. The number of hydrogen-bond donors (Lipinski definition) is 1. The molecular weight excluding hydrogens is 247 g/mol. The molecule has 0 amide bonds. The van der Waals surface area contributed by atoms with E-state index in [0.717, 1.165) is 23.3 Å². The highest BCUT2D eigenvalue weighted by atomic mass is 19.1. The van der Waals surface area contributed by atoms with E-state index in [9.17, 15) is 9.18 Å². The summed E-state index contributed by atoms with van der Waals surface area (Å²) in [6.45, 7) is 0.627. The van der Waals surface area contributed by atoms with Gasteiger partial charge in [-0.1, -0.05) is 24.3 Å². The quantitative estimate of drug-likeness (QED) is 0.900. The summed E-state index contributed by atoms with van der Waals surface area (Å²) in [4.78, 5) is 10.8. The van der Waals surface area contributed by atoms with E-state index in [-0.39, 0.29) is 5.56 Å². The highest BCUT2D eigenvalue weighted by molar-refractivity contribution is 5.89. The molecule has 2 aromatic rings. The third kappa shape index (κ3) is 1.95. The predicted octanol–water partition coefficient (Wildman–Crippen LogP) is 3.13. The first-order valence-corrected chi connectivity index (χ1v) is 5.95. The minimum absolute atomic E-state index is 0.322. The number of aromatic carboxylic acids is 1. The lowest BCUT2D eigenvalue weighted by molar-refractivity contribution is 0.0692. The van der Waals surface area contributed by atoms with Gasteiger partial charge >= 0.3 is 5.97 Å². The second-order valence-corrected chi connectivity index (χ2v) is 4.39. The number of halogens is 1. The highest BCUT2D eigenvalue weighted by Crippen LogP contribution is 2.37. The SMILES string of the molecule is O=C(O)c1ccc(-c2cccc3c2OCC3)cc1F. The minimum Gasteiger partial charge on any atom is -0.492 e. The number of para-hydroxylation sites is 1. The summed E-state index contributed by atoms with van der Waals surface area (Å²) in [5, 5.41) is 8.82. The van der Waals surface area contributed by atoms with Gasteiger partial charge in [-0.15, -0.1) is 0 Å². The number of fused-ring (bicyclic) bond motifs is 1. The molecule has 1 N–H and O–H groups in total. The van der Waals surface area contributed by atoms with Crippen LogP contribution in [0.15, 0.2) is 36.4 Å². The monoisotopic (exact) mass is 258 g/mol. The van der Waals surface area contributed by atoms with Gasteiger partial charge in [-0.2, -0.15) is 0 Å². The predicted molar refractivity (Wildman–Crippen MR) is 68.0 cm³/mol. The average molecular weight is 258 g/mol. The molecule has 19 heavy (non-hydrogen) atoms.